The Morgan fingerprint density at radius 2 is 1.96 bits per heavy atom. The van der Waals surface area contributed by atoms with Gasteiger partial charge in [-0.3, -0.25) is 9.69 Å². The molecule has 3 heterocycles. The Bertz CT molecular complexity index is 962. The second-order valence-corrected chi connectivity index (χ2v) is 10.3. The standard InChI is InChI=1S/C18H21FN2O3S2/c1-12-16-14(19)3-2-4-15(16)25-17(12)18(22)21-8-6-20(7-9-21)13-5-10-26(23,24)11-13/h2-4,13H,5-11H2,1H3/t13-/m0/s1. The molecule has 0 radical (unpaired) electrons. The van der Waals surface area contributed by atoms with Crippen LogP contribution < -0.4 is 0 Å². The number of carbonyl (C=O) groups is 1. The van der Waals surface area contributed by atoms with Crippen molar-refractivity contribution in [2.45, 2.75) is 19.4 Å². The molecular formula is C18H21FN2O3S2. The number of aryl methyl sites for hydroxylation is 1. The molecule has 2 fully saturated rings. The van der Waals surface area contributed by atoms with Crippen molar-refractivity contribution in [3.8, 4) is 0 Å². The first-order valence-corrected chi connectivity index (χ1v) is 11.4. The van der Waals surface area contributed by atoms with Crippen molar-refractivity contribution in [3.63, 3.8) is 0 Å². The Labute approximate surface area is 156 Å². The summed E-state index contributed by atoms with van der Waals surface area (Å²) in [6.45, 7) is 4.32. The van der Waals surface area contributed by atoms with Crippen molar-refractivity contribution in [2.75, 3.05) is 37.7 Å². The second-order valence-electron chi connectivity index (χ2n) is 7.05. The molecule has 1 atom stereocenters. The normalized spacial score (nSPS) is 23.6. The van der Waals surface area contributed by atoms with E-state index < -0.39 is 9.84 Å². The number of benzene rings is 1. The average Bonchev–Trinajstić information content (AvgIpc) is 3.15. The van der Waals surface area contributed by atoms with Crippen LogP contribution in [0.1, 0.15) is 21.7 Å². The number of amides is 1. The number of nitrogens with zero attached hydrogens (tertiary/aromatic N) is 2. The summed E-state index contributed by atoms with van der Waals surface area (Å²) in [6.07, 6.45) is 0.685. The molecule has 26 heavy (non-hydrogen) atoms. The summed E-state index contributed by atoms with van der Waals surface area (Å²) in [7, 11) is -2.90. The highest BCUT2D eigenvalue weighted by atomic mass is 32.2. The maximum atomic E-state index is 14.1. The molecule has 1 aromatic carbocycles. The average molecular weight is 397 g/mol. The number of sulfone groups is 1. The first-order chi connectivity index (χ1) is 12.4. The van der Waals surface area contributed by atoms with Crippen LogP contribution in [-0.4, -0.2) is 67.9 Å². The molecule has 140 valence electrons. The van der Waals surface area contributed by atoms with Crippen LogP contribution in [0.3, 0.4) is 0 Å². The van der Waals surface area contributed by atoms with Crippen LogP contribution in [0, 0.1) is 12.7 Å². The summed E-state index contributed by atoms with van der Waals surface area (Å²) in [5.41, 5.74) is 0.706. The molecule has 0 saturated carbocycles. The van der Waals surface area contributed by atoms with Gasteiger partial charge < -0.3 is 4.90 Å². The van der Waals surface area contributed by atoms with Crippen LogP contribution in [0.5, 0.6) is 0 Å². The monoisotopic (exact) mass is 396 g/mol. The third kappa shape index (κ3) is 3.14. The number of fused-ring (bicyclic) bond motifs is 1. The number of thiophene rings is 1. The number of piperazine rings is 1. The quantitative estimate of drug-likeness (QED) is 0.782. The van der Waals surface area contributed by atoms with E-state index in [0.717, 1.165) is 4.70 Å². The van der Waals surface area contributed by atoms with Crippen LogP contribution in [0.4, 0.5) is 4.39 Å². The molecule has 1 aromatic heterocycles. The predicted molar refractivity (Wildman–Crippen MR) is 101 cm³/mol. The molecule has 0 spiro atoms. The van der Waals surface area contributed by atoms with E-state index >= 15 is 0 Å². The van der Waals surface area contributed by atoms with Gasteiger partial charge in [0, 0.05) is 42.3 Å². The van der Waals surface area contributed by atoms with Gasteiger partial charge in [0.2, 0.25) is 0 Å². The number of carbonyl (C=O) groups excluding carboxylic acids is 1. The van der Waals surface area contributed by atoms with Gasteiger partial charge in [-0.05, 0) is 31.0 Å². The lowest BCUT2D eigenvalue weighted by molar-refractivity contribution is 0.0592. The fourth-order valence-corrected chi connectivity index (χ4v) is 6.91. The van der Waals surface area contributed by atoms with E-state index in [9.17, 15) is 17.6 Å². The van der Waals surface area contributed by atoms with Crippen molar-refractivity contribution in [3.05, 3.63) is 34.5 Å². The third-order valence-corrected chi connectivity index (χ3v) is 8.42. The molecule has 4 rings (SSSR count). The summed E-state index contributed by atoms with van der Waals surface area (Å²) < 4.78 is 38.2. The van der Waals surface area contributed by atoms with Crippen molar-refractivity contribution >= 4 is 37.2 Å². The Kier molecular flexibility index (Phi) is 4.53. The van der Waals surface area contributed by atoms with E-state index in [-0.39, 0.29) is 29.3 Å². The zero-order chi connectivity index (χ0) is 18.5. The molecule has 2 aliphatic rings. The number of hydrogen-bond acceptors (Lipinski definition) is 5. The van der Waals surface area contributed by atoms with Crippen LogP contribution >= 0.6 is 11.3 Å². The van der Waals surface area contributed by atoms with Crippen LogP contribution in [0.15, 0.2) is 18.2 Å². The van der Waals surface area contributed by atoms with Gasteiger partial charge in [0.05, 0.1) is 16.4 Å². The van der Waals surface area contributed by atoms with E-state index in [1.807, 2.05) is 6.07 Å². The molecule has 2 aromatic rings. The Hall–Kier alpha value is -1.51. The van der Waals surface area contributed by atoms with E-state index in [0.29, 0.717) is 48.4 Å². The molecule has 1 amide bonds. The third-order valence-electron chi connectivity index (χ3n) is 5.42. The van der Waals surface area contributed by atoms with Crippen molar-refractivity contribution in [2.24, 2.45) is 0 Å². The van der Waals surface area contributed by atoms with Gasteiger partial charge in [-0.1, -0.05) is 6.07 Å². The Balaban J connectivity index is 1.47. The number of hydrogen-bond donors (Lipinski definition) is 0. The van der Waals surface area contributed by atoms with E-state index in [2.05, 4.69) is 4.90 Å². The summed E-state index contributed by atoms with van der Waals surface area (Å²) in [5, 5.41) is 0.538. The minimum absolute atomic E-state index is 0.0539. The highest BCUT2D eigenvalue weighted by Gasteiger charge is 2.35. The SMILES string of the molecule is Cc1c(C(=O)N2CCN([C@H]3CCS(=O)(=O)C3)CC2)sc2cccc(F)c12. The zero-order valence-electron chi connectivity index (χ0n) is 14.6. The Morgan fingerprint density at radius 1 is 1.23 bits per heavy atom. The van der Waals surface area contributed by atoms with Crippen LogP contribution in [0.25, 0.3) is 10.1 Å². The largest absolute Gasteiger partial charge is 0.335 e. The lowest BCUT2D eigenvalue weighted by Crippen LogP contribution is -2.52. The summed E-state index contributed by atoms with van der Waals surface area (Å²) >= 11 is 1.34. The highest BCUT2D eigenvalue weighted by molar-refractivity contribution is 7.91. The lowest BCUT2D eigenvalue weighted by Gasteiger charge is -2.37. The molecule has 5 nitrogen and oxygen atoms in total. The van der Waals surface area contributed by atoms with Gasteiger partial charge in [-0.25, -0.2) is 12.8 Å². The van der Waals surface area contributed by atoms with Gasteiger partial charge in [-0.2, -0.15) is 0 Å². The minimum atomic E-state index is -2.90. The molecule has 2 saturated heterocycles. The zero-order valence-corrected chi connectivity index (χ0v) is 16.2. The van der Waals surface area contributed by atoms with Gasteiger partial charge in [0.25, 0.3) is 5.91 Å². The fourth-order valence-electron chi connectivity index (χ4n) is 3.95. The van der Waals surface area contributed by atoms with E-state index in [1.165, 1.54) is 17.4 Å². The maximum Gasteiger partial charge on any atom is 0.264 e. The van der Waals surface area contributed by atoms with Gasteiger partial charge in [0.1, 0.15) is 5.82 Å². The number of rotatable bonds is 2. The minimum Gasteiger partial charge on any atom is -0.335 e. The summed E-state index contributed by atoms with van der Waals surface area (Å²) in [5.74, 6) is 0.156. The van der Waals surface area contributed by atoms with E-state index in [4.69, 9.17) is 0 Å². The van der Waals surface area contributed by atoms with Crippen LogP contribution in [0.2, 0.25) is 0 Å². The Morgan fingerprint density at radius 3 is 2.58 bits per heavy atom. The second kappa shape index (κ2) is 6.58. The van der Waals surface area contributed by atoms with Gasteiger partial charge >= 0.3 is 0 Å². The summed E-state index contributed by atoms with van der Waals surface area (Å²) in [4.78, 5) is 17.5. The molecule has 8 heteroatoms. The molecule has 0 aliphatic carbocycles. The maximum absolute atomic E-state index is 14.1. The fraction of sp³-hybridized carbons (Fsp3) is 0.500. The first-order valence-electron chi connectivity index (χ1n) is 8.77. The van der Waals surface area contributed by atoms with Gasteiger partial charge in [0.15, 0.2) is 9.84 Å². The molecule has 2 aliphatic heterocycles. The summed E-state index contributed by atoms with van der Waals surface area (Å²) in [6, 6.07) is 5.00. The van der Waals surface area contributed by atoms with Crippen molar-refractivity contribution < 1.29 is 17.6 Å². The molecule has 0 bridgehead atoms. The predicted octanol–water partition coefficient (Wildman–Crippen LogP) is 2.29. The molecule has 0 N–H and O–H groups in total. The van der Waals surface area contributed by atoms with Crippen molar-refractivity contribution in [1.82, 2.24) is 9.80 Å². The lowest BCUT2D eigenvalue weighted by atomic mass is 10.1. The number of halogens is 1. The van der Waals surface area contributed by atoms with E-state index in [1.54, 1.807) is 17.9 Å². The van der Waals surface area contributed by atoms with Crippen molar-refractivity contribution in [1.29, 1.82) is 0 Å². The molecular weight excluding hydrogens is 375 g/mol. The highest BCUT2D eigenvalue weighted by Crippen LogP contribution is 2.33. The van der Waals surface area contributed by atoms with Crippen LogP contribution in [-0.2, 0) is 9.84 Å². The van der Waals surface area contributed by atoms with Gasteiger partial charge in [-0.15, -0.1) is 11.3 Å². The topological polar surface area (TPSA) is 57.7 Å². The smallest absolute Gasteiger partial charge is 0.264 e. The molecule has 0 unspecified atom stereocenters. The first kappa shape index (κ1) is 17.9.